The highest BCUT2D eigenvalue weighted by Gasteiger charge is 2.37. The maximum absolute atomic E-state index is 12.9. The fraction of sp³-hybridized carbons (Fsp3) is 0.154. The first-order valence-electron chi connectivity index (χ1n) is 6.22. The van der Waals surface area contributed by atoms with E-state index >= 15 is 0 Å². The van der Waals surface area contributed by atoms with Crippen molar-refractivity contribution in [3.8, 4) is 0 Å². The number of anilines is 1. The van der Waals surface area contributed by atoms with E-state index in [2.05, 4.69) is 10.2 Å². The largest absolute Gasteiger partial charge is 0.323 e. The van der Waals surface area contributed by atoms with Crippen LogP contribution in [0.5, 0.6) is 0 Å². The Morgan fingerprint density at radius 3 is 2.81 bits per heavy atom. The highest BCUT2D eigenvalue weighted by atomic mass is 35.5. The fourth-order valence-electron chi connectivity index (χ4n) is 2.32. The zero-order valence-corrected chi connectivity index (χ0v) is 12.7. The first kappa shape index (κ1) is 14.1. The second-order valence-electron chi connectivity index (χ2n) is 4.74. The van der Waals surface area contributed by atoms with E-state index in [1.54, 1.807) is 31.2 Å². The lowest BCUT2D eigenvalue weighted by Gasteiger charge is -2.32. The molecular formula is C13H13ClN4O2S. The van der Waals surface area contributed by atoms with Crippen LogP contribution in [0.4, 0.5) is 5.69 Å². The molecule has 0 bridgehead atoms. The number of hydrogen-bond donors (Lipinski definition) is 2. The Labute approximate surface area is 127 Å². The molecule has 1 unspecified atom stereocenters. The number of halogens is 1. The van der Waals surface area contributed by atoms with Gasteiger partial charge in [-0.25, -0.2) is 12.7 Å². The number of nitrogens with two attached hydrogens (primary N) is 1. The molecule has 2 heterocycles. The van der Waals surface area contributed by atoms with Gasteiger partial charge in [0.25, 0.3) is 10.0 Å². The Morgan fingerprint density at radius 2 is 2.19 bits per heavy atom. The molecule has 0 fully saturated rings. The molecule has 6 nitrogen and oxygen atoms in total. The number of nitrogens with one attached hydrogen (secondary N) is 1. The lowest BCUT2D eigenvalue weighted by molar-refractivity contribution is 0.591. The molecule has 0 saturated carbocycles. The number of nitrogens with zero attached hydrogens (tertiary/aromatic N) is 2. The Hall–Kier alpha value is -1.83. The fourth-order valence-corrected chi connectivity index (χ4v) is 4.59. The van der Waals surface area contributed by atoms with E-state index in [0.717, 1.165) is 0 Å². The van der Waals surface area contributed by atoms with E-state index in [1.165, 1.54) is 16.7 Å². The summed E-state index contributed by atoms with van der Waals surface area (Å²) in [6, 6.07) is 4.49. The van der Waals surface area contributed by atoms with Gasteiger partial charge in [0.05, 0.1) is 22.6 Å². The zero-order valence-electron chi connectivity index (χ0n) is 11.1. The Morgan fingerprint density at radius 1 is 1.43 bits per heavy atom. The maximum Gasteiger partial charge on any atom is 0.270 e. The molecule has 1 aromatic carbocycles. The molecule has 1 aliphatic rings. The van der Waals surface area contributed by atoms with Crippen molar-refractivity contribution in [3.63, 3.8) is 0 Å². The number of aromatic amines is 1. The van der Waals surface area contributed by atoms with E-state index in [1.807, 2.05) is 0 Å². The molecule has 2 aromatic rings. The summed E-state index contributed by atoms with van der Waals surface area (Å²) in [6.45, 7) is 1.73. The van der Waals surface area contributed by atoms with Gasteiger partial charge in [0, 0.05) is 12.2 Å². The van der Waals surface area contributed by atoms with Crippen molar-refractivity contribution in [2.75, 3.05) is 4.31 Å². The normalized spacial score (nSPS) is 18.0. The maximum atomic E-state index is 12.9. The number of aromatic nitrogens is 2. The van der Waals surface area contributed by atoms with Crippen molar-refractivity contribution in [2.24, 2.45) is 5.73 Å². The molecule has 0 radical (unpaired) electrons. The minimum absolute atomic E-state index is 0.0808. The smallest absolute Gasteiger partial charge is 0.270 e. The minimum Gasteiger partial charge on any atom is -0.323 e. The number of sulfonamides is 1. The van der Waals surface area contributed by atoms with E-state index in [4.69, 9.17) is 17.3 Å². The molecule has 0 aliphatic carbocycles. The van der Waals surface area contributed by atoms with Gasteiger partial charge in [0.1, 0.15) is 4.90 Å². The van der Waals surface area contributed by atoms with Gasteiger partial charge in [0.15, 0.2) is 0 Å². The van der Waals surface area contributed by atoms with Crippen molar-refractivity contribution in [3.05, 3.63) is 46.9 Å². The zero-order chi connectivity index (χ0) is 15.2. The number of H-pyrrole nitrogens is 1. The SMILES string of the molecule is CC(N)C1=Cc2cccc(Cl)c2S(=O)(=O)N1c1cn[nH]c1. The topological polar surface area (TPSA) is 92.1 Å². The summed E-state index contributed by atoms with van der Waals surface area (Å²) in [4.78, 5) is 0.0808. The molecule has 3 N–H and O–H groups in total. The van der Waals surface area contributed by atoms with Gasteiger partial charge in [-0.2, -0.15) is 5.10 Å². The van der Waals surface area contributed by atoms with Crippen molar-refractivity contribution in [1.82, 2.24) is 10.2 Å². The number of benzene rings is 1. The molecule has 0 amide bonds. The van der Waals surface area contributed by atoms with Crippen LogP contribution in [0.3, 0.4) is 0 Å². The highest BCUT2D eigenvalue weighted by Crippen LogP contribution is 2.39. The molecular weight excluding hydrogens is 312 g/mol. The van der Waals surface area contributed by atoms with Gasteiger partial charge in [-0.3, -0.25) is 5.10 Å². The van der Waals surface area contributed by atoms with Crippen molar-refractivity contribution >= 4 is 33.4 Å². The van der Waals surface area contributed by atoms with Crippen LogP contribution in [0.1, 0.15) is 12.5 Å². The molecule has 1 atom stereocenters. The second kappa shape index (κ2) is 4.87. The number of rotatable bonds is 2. The van der Waals surface area contributed by atoms with Crippen molar-refractivity contribution in [2.45, 2.75) is 17.9 Å². The van der Waals surface area contributed by atoms with Crippen LogP contribution in [0, 0.1) is 0 Å². The van der Waals surface area contributed by atoms with Crippen LogP contribution >= 0.6 is 11.6 Å². The lowest BCUT2D eigenvalue weighted by atomic mass is 10.1. The lowest BCUT2D eigenvalue weighted by Crippen LogP contribution is -2.40. The third-order valence-electron chi connectivity index (χ3n) is 3.22. The summed E-state index contributed by atoms with van der Waals surface area (Å²) in [7, 11) is -3.84. The van der Waals surface area contributed by atoms with Crippen molar-refractivity contribution in [1.29, 1.82) is 0 Å². The second-order valence-corrected chi connectivity index (χ2v) is 6.87. The number of hydrogen-bond acceptors (Lipinski definition) is 4. The predicted molar refractivity (Wildman–Crippen MR) is 81.3 cm³/mol. The molecule has 8 heteroatoms. The van der Waals surface area contributed by atoms with Gasteiger partial charge in [-0.05, 0) is 24.6 Å². The quantitative estimate of drug-likeness (QED) is 0.883. The summed E-state index contributed by atoms with van der Waals surface area (Å²) >= 11 is 6.09. The standard InChI is InChI=1S/C13H13ClN4O2S/c1-8(15)12-5-9-3-2-4-11(14)13(9)21(19,20)18(12)10-6-16-17-7-10/h2-8H,15H2,1H3,(H,16,17). The van der Waals surface area contributed by atoms with E-state index in [-0.39, 0.29) is 9.92 Å². The monoisotopic (exact) mass is 324 g/mol. The van der Waals surface area contributed by atoms with E-state index < -0.39 is 16.1 Å². The van der Waals surface area contributed by atoms with Crippen LogP contribution < -0.4 is 10.0 Å². The molecule has 110 valence electrons. The van der Waals surface area contributed by atoms with Crippen LogP contribution in [0.15, 0.2) is 41.2 Å². The molecule has 21 heavy (non-hydrogen) atoms. The van der Waals surface area contributed by atoms with E-state index in [0.29, 0.717) is 16.9 Å². The number of fused-ring (bicyclic) bond motifs is 1. The summed E-state index contributed by atoms with van der Waals surface area (Å²) < 4.78 is 27.1. The summed E-state index contributed by atoms with van der Waals surface area (Å²) in [6.07, 6.45) is 4.66. The third kappa shape index (κ3) is 2.14. The van der Waals surface area contributed by atoms with Gasteiger partial charge in [0.2, 0.25) is 0 Å². The molecule has 3 rings (SSSR count). The Balaban J connectivity index is 2.34. The van der Waals surface area contributed by atoms with Crippen molar-refractivity contribution < 1.29 is 8.42 Å². The first-order valence-corrected chi connectivity index (χ1v) is 8.04. The molecule has 0 saturated heterocycles. The average Bonchev–Trinajstić information content (AvgIpc) is 2.90. The average molecular weight is 325 g/mol. The molecule has 0 spiro atoms. The van der Waals surface area contributed by atoms with Gasteiger partial charge >= 0.3 is 0 Å². The summed E-state index contributed by atoms with van der Waals surface area (Å²) in [5, 5.41) is 6.59. The van der Waals surface area contributed by atoms with Gasteiger partial charge in [-0.1, -0.05) is 23.7 Å². The van der Waals surface area contributed by atoms with Gasteiger partial charge in [-0.15, -0.1) is 0 Å². The van der Waals surface area contributed by atoms with Gasteiger partial charge < -0.3 is 5.73 Å². The highest BCUT2D eigenvalue weighted by molar-refractivity contribution is 7.93. The Kier molecular flexibility index (Phi) is 3.27. The molecule has 1 aliphatic heterocycles. The van der Waals surface area contributed by atoms with Crippen LogP contribution in [-0.2, 0) is 10.0 Å². The van der Waals surface area contributed by atoms with Crippen LogP contribution in [0.25, 0.3) is 6.08 Å². The Bertz CT molecular complexity index is 813. The van der Waals surface area contributed by atoms with E-state index in [9.17, 15) is 8.42 Å². The summed E-state index contributed by atoms with van der Waals surface area (Å²) in [5.74, 6) is 0. The van der Waals surface area contributed by atoms with Crippen LogP contribution in [0.2, 0.25) is 5.02 Å². The predicted octanol–water partition coefficient (Wildman–Crippen LogP) is 1.96. The molecule has 1 aromatic heterocycles. The first-order chi connectivity index (χ1) is 9.93. The van der Waals surface area contributed by atoms with Crippen LogP contribution in [-0.4, -0.2) is 24.7 Å². The summed E-state index contributed by atoms with van der Waals surface area (Å²) in [5.41, 5.74) is 7.34. The third-order valence-corrected chi connectivity index (χ3v) is 5.52. The minimum atomic E-state index is -3.84.